The highest BCUT2D eigenvalue weighted by Gasteiger charge is 2.32. The molecule has 0 aromatic carbocycles. The van der Waals surface area contributed by atoms with Crippen LogP contribution in [-0.4, -0.2) is 20.4 Å². The number of hydrogen-bond donors (Lipinski definition) is 1. The predicted octanol–water partition coefficient (Wildman–Crippen LogP) is 4.72. The van der Waals surface area contributed by atoms with Crippen molar-refractivity contribution in [3.05, 3.63) is 0 Å². The largest absolute Gasteiger partial charge is 0.314 e. The quantitative estimate of drug-likeness (QED) is 0.738. The van der Waals surface area contributed by atoms with Crippen LogP contribution in [0.2, 0.25) is 5.82 Å². The van der Waals surface area contributed by atoms with Crippen LogP contribution >= 0.6 is 0 Å². The summed E-state index contributed by atoms with van der Waals surface area (Å²) in [4.78, 5) is 0. The fourth-order valence-corrected chi connectivity index (χ4v) is 5.49. The molecule has 1 heterocycles. The first-order valence-corrected chi connectivity index (χ1v) is 9.75. The van der Waals surface area contributed by atoms with Gasteiger partial charge in [-0.25, -0.2) is 0 Å². The molecule has 0 aromatic heterocycles. The Labute approximate surface area is 133 Å². The Morgan fingerprint density at radius 2 is 1.71 bits per heavy atom. The molecular formula is C19H34BN. The molecule has 1 nitrogen and oxygen atoms in total. The minimum absolute atomic E-state index is 0.493. The molecule has 2 heteroatoms. The predicted molar refractivity (Wildman–Crippen MR) is 91.7 cm³/mol. The minimum atomic E-state index is 0.493. The van der Waals surface area contributed by atoms with E-state index >= 15 is 0 Å². The molecule has 4 atom stereocenters. The van der Waals surface area contributed by atoms with Gasteiger partial charge in [0.15, 0.2) is 0 Å². The van der Waals surface area contributed by atoms with Crippen LogP contribution < -0.4 is 5.32 Å². The fourth-order valence-electron chi connectivity index (χ4n) is 5.49. The monoisotopic (exact) mass is 287 g/mol. The van der Waals surface area contributed by atoms with Crippen LogP contribution in [0.25, 0.3) is 0 Å². The molecule has 3 fully saturated rings. The van der Waals surface area contributed by atoms with E-state index in [1.807, 2.05) is 0 Å². The van der Waals surface area contributed by atoms with Gasteiger partial charge < -0.3 is 5.32 Å². The third-order valence-corrected chi connectivity index (χ3v) is 6.91. The molecule has 1 aliphatic heterocycles. The summed E-state index contributed by atoms with van der Waals surface area (Å²) in [7, 11) is 6.38. The lowest BCUT2D eigenvalue weighted by Crippen LogP contribution is -2.33. The average Bonchev–Trinajstić information content (AvgIpc) is 3.02. The third-order valence-electron chi connectivity index (χ3n) is 6.91. The molecule has 2 radical (unpaired) electrons. The van der Waals surface area contributed by atoms with Gasteiger partial charge in [-0.15, -0.1) is 0 Å². The van der Waals surface area contributed by atoms with Gasteiger partial charge in [0.1, 0.15) is 0 Å². The van der Waals surface area contributed by atoms with Crippen molar-refractivity contribution in [2.45, 2.75) is 89.4 Å². The number of nitrogens with one attached hydrogen (secondary N) is 1. The minimum Gasteiger partial charge on any atom is -0.314 e. The molecule has 0 aromatic rings. The SMILES string of the molecule is [B]C1CC(CC2CCC(C3CCCN3)CC2)CCC1CC. The van der Waals surface area contributed by atoms with E-state index in [2.05, 4.69) is 12.2 Å². The fraction of sp³-hybridized carbons (Fsp3) is 1.00. The first-order chi connectivity index (χ1) is 10.3. The van der Waals surface area contributed by atoms with Crippen molar-refractivity contribution in [1.29, 1.82) is 0 Å². The molecule has 1 N–H and O–H groups in total. The van der Waals surface area contributed by atoms with Crippen LogP contribution in [0, 0.1) is 23.7 Å². The van der Waals surface area contributed by atoms with Crippen LogP contribution in [0.5, 0.6) is 0 Å². The van der Waals surface area contributed by atoms with Crippen molar-refractivity contribution in [2.24, 2.45) is 23.7 Å². The zero-order chi connectivity index (χ0) is 14.7. The highest BCUT2D eigenvalue weighted by Crippen LogP contribution is 2.43. The Morgan fingerprint density at radius 3 is 2.33 bits per heavy atom. The van der Waals surface area contributed by atoms with Crippen molar-refractivity contribution < 1.29 is 0 Å². The summed E-state index contributed by atoms with van der Waals surface area (Å²) in [5, 5.41) is 3.72. The van der Waals surface area contributed by atoms with E-state index < -0.39 is 0 Å². The highest BCUT2D eigenvalue weighted by atomic mass is 14.9. The van der Waals surface area contributed by atoms with Crippen molar-refractivity contribution in [3.8, 4) is 0 Å². The summed E-state index contributed by atoms with van der Waals surface area (Å²) in [6.45, 7) is 3.58. The van der Waals surface area contributed by atoms with Gasteiger partial charge in [0, 0.05) is 6.04 Å². The first-order valence-electron chi connectivity index (χ1n) is 9.75. The molecule has 4 unspecified atom stereocenters. The van der Waals surface area contributed by atoms with Crippen molar-refractivity contribution in [3.63, 3.8) is 0 Å². The van der Waals surface area contributed by atoms with E-state index in [1.165, 1.54) is 77.2 Å². The summed E-state index contributed by atoms with van der Waals surface area (Å²) in [5.41, 5.74) is 0. The third kappa shape index (κ3) is 4.06. The number of hydrogen-bond acceptors (Lipinski definition) is 1. The van der Waals surface area contributed by atoms with Crippen molar-refractivity contribution in [1.82, 2.24) is 5.32 Å². The van der Waals surface area contributed by atoms with E-state index in [-0.39, 0.29) is 0 Å². The highest BCUT2D eigenvalue weighted by molar-refractivity contribution is 6.11. The Morgan fingerprint density at radius 1 is 0.952 bits per heavy atom. The maximum Gasteiger partial charge on any atom is 0.0703 e. The van der Waals surface area contributed by atoms with Crippen LogP contribution in [0.4, 0.5) is 0 Å². The smallest absolute Gasteiger partial charge is 0.0703 e. The summed E-state index contributed by atoms with van der Waals surface area (Å²) < 4.78 is 0. The normalized spacial score (nSPS) is 44.8. The second-order valence-corrected chi connectivity index (χ2v) is 8.23. The molecule has 3 rings (SSSR count). The molecule has 2 saturated carbocycles. The summed E-state index contributed by atoms with van der Waals surface area (Å²) in [6.07, 6.45) is 15.7. The van der Waals surface area contributed by atoms with Crippen LogP contribution in [-0.2, 0) is 0 Å². The standard InChI is InChI=1S/C19H34BN/c1-2-16-8-7-15(13-18(16)20)12-14-5-9-17(10-6-14)19-4-3-11-21-19/h14-19,21H,2-13H2,1H3. The summed E-state index contributed by atoms with van der Waals surface area (Å²) in [6, 6.07) is 0.861. The summed E-state index contributed by atoms with van der Waals surface area (Å²) in [5.74, 6) is 4.24. The second-order valence-electron chi connectivity index (χ2n) is 8.23. The van der Waals surface area contributed by atoms with Crippen molar-refractivity contribution in [2.75, 3.05) is 6.54 Å². The van der Waals surface area contributed by atoms with Gasteiger partial charge in [0.2, 0.25) is 0 Å². The zero-order valence-electron chi connectivity index (χ0n) is 14.0. The van der Waals surface area contributed by atoms with Crippen molar-refractivity contribution >= 4 is 7.85 Å². The molecule has 2 aliphatic carbocycles. The van der Waals surface area contributed by atoms with Gasteiger partial charge in [-0.1, -0.05) is 51.3 Å². The Balaban J connectivity index is 1.39. The Bertz CT molecular complexity index is 305. The van der Waals surface area contributed by atoms with Gasteiger partial charge in [-0.2, -0.15) is 0 Å². The lowest BCUT2D eigenvalue weighted by atomic mass is 9.62. The second kappa shape index (κ2) is 7.53. The van der Waals surface area contributed by atoms with Crippen LogP contribution in [0.1, 0.15) is 77.6 Å². The van der Waals surface area contributed by atoms with E-state index in [0.717, 1.165) is 29.7 Å². The first kappa shape index (κ1) is 15.9. The Kier molecular flexibility index (Phi) is 5.70. The maximum atomic E-state index is 6.38. The van der Waals surface area contributed by atoms with Gasteiger partial charge in [-0.05, 0) is 62.3 Å². The van der Waals surface area contributed by atoms with Gasteiger partial charge in [-0.3, -0.25) is 0 Å². The van der Waals surface area contributed by atoms with E-state index in [0.29, 0.717) is 5.82 Å². The molecule has 0 amide bonds. The maximum absolute atomic E-state index is 6.38. The van der Waals surface area contributed by atoms with E-state index in [9.17, 15) is 0 Å². The van der Waals surface area contributed by atoms with Gasteiger partial charge in [0.25, 0.3) is 0 Å². The van der Waals surface area contributed by atoms with Crippen LogP contribution in [0.3, 0.4) is 0 Å². The molecule has 21 heavy (non-hydrogen) atoms. The lowest BCUT2D eigenvalue weighted by molar-refractivity contribution is 0.176. The molecule has 1 saturated heterocycles. The molecule has 118 valence electrons. The molecule has 3 aliphatic rings. The lowest BCUT2D eigenvalue weighted by Gasteiger charge is -2.38. The van der Waals surface area contributed by atoms with E-state index in [1.54, 1.807) is 0 Å². The van der Waals surface area contributed by atoms with Crippen LogP contribution in [0.15, 0.2) is 0 Å². The average molecular weight is 287 g/mol. The van der Waals surface area contributed by atoms with Gasteiger partial charge >= 0.3 is 0 Å². The van der Waals surface area contributed by atoms with Gasteiger partial charge in [0.05, 0.1) is 7.85 Å². The molecular weight excluding hydrogens is 253 g/mol. The number of rotatable bonds is 4. The molecule has 0 bridgehead atoms. The topological polar surface area (TPSA) is 12.0 Å². The molecule has 0 spiro atoms. The Hall–Kier alpha value is 0.0249. The summed E-state index contributed by atoms with van der Waals surface area (Å²) >= 11 is 0. The zero-order valence-corrected chi connectivity index (χ0v) is 14.0. The van der Waals surface area contributed by atoms with E-state index in [4.69, 9.17) is 7.85 Å².